The van der Waals surface area contributed by atoms with E-state index in [1.165, 1.54) is 0 Å². The first-order chi connectivity index (χ1) is 13.0. The number of nitrogens with one attached hydrogen (secondary N) is 1. The van der Waals surface area contributed by atoms with Crippen molar-refractivity contribution in [1.29, 1.82) is 0 Å². The molecule has 0 bridgehead atoms. The molecule has 3 rings (SSSR count). The third kappa shape index (κ3) is 4.05. The summed E-state index contributed by atoms with van der Waals surface area (Å²) >= 11 is 0. The van der Waals surface area contributed by atoms with E-state index in [0.29, 0.717) is 17.3 Å². The molecule has 1 N–H and O–H groups in total. The maximum absolute atomic E-state index is 12.4. The average Bonchev–Trinajstić information content (AvgIpc) is 3.23. The van der Waals surface area contributed by atoms with Gasteiger partial charge in [0, 0.05) is 19.4 Å². The van der Waals surface area contributed by atoms with Gasteiger partial charge in [-0.25, -0.2) is 9.78 Å². The standard InChI is InChI=1S/C19H20N4O4/c1-12-16(13(2)27-22-12)19(25)26-11-15(24)21-17(14-7-5-4-6-8-14)18-20-9-10-23(18)3/h4-10,17H,11H2,1-3H3,(H,21,24). The molecule has 2 heterocycles. The molecule has 0 aliphatic carbocycles. The van der Waals surface area contributed by atoms with Crippen molar-refractivity contribution in [2.24, 2.45) is 7.05 Å². The summed E-state index contributed by atoms with van der Waals surface area (Å²) in [6.07, 6.45) is 3.46. The molecule has 0 aliphatic rings. The SMILES string of the molecule is Cc1noc(C)c1C(=O)OCC(=O)NC(c1ccccc1)c1nccn1C. The maximum atomic E-state index is 12.4. The van der Waals surface area contributed by atoms with Gasteiger partial charge in [-0.3, -0.25) is 4.79 Å². The van der Waals surface area contributed by atoms with E-state index >= 15 is 0 Å². The predicted molar refractivity (Wildman–Crippen MR) is 95.9 cm³/mol. The smallest absolute Gasteiger partial charge is 0.344 e. The van der Waals surface area contributed by atoms with Crippen LogP contribution in [0.4, 0.5) is 0 Å². The Bertz CT molecular complexity index is 926. The van der Waals surface area contributed by atoms with Gasteiger partial charge >= 0.3 is 5.97 Å². The Morgan fingerprint density at radius 3 is 2.59 bits per heavy atom. The molecule has 0 fully saturated rings. The van der Waals surface area contributed by atoms with Gasteiger partial charge < -0.3 is 19.1 Å². The molecule has 8 nitrogen and oxygen atoms in total. The number of amides is 1. The summed E-state index contributed by atoms with van der Waals surface area (Å²) in [5.41, 5.74) is 1.54. The van der Waals surface area contributed by atoms with Crippen molar-refractivity contribution in [3.05, 3.63) is 71.1 Å². The first kappa shape index (κ1) is 18.4. The zero-order chi connectivity index (χ0) is 19.4. The van der Waals surface area contributed by atoms with Crippen molar-refractivity contribution in [2.75, 3.05) is 6.61 Å². The van der Waals surface area contributed by atoms with Crippen LogP contribution in [0.25, 0.3) is 0 Å². The number of imidazole rings is 1. The fourth-order valence-electron chi connectivity index (χ4n) is 2.78. The third-order valence-corrected chi connectivity index (χ3v) is 4.13. The van der Waals surface area contributed by atoms with Gasteiger partial charge in [-0.15, -0.1) is 0 Å². The molecule has 27 heavy (non-hydrogen) atoms. The van der Waals surface area contributed by atoms with Crippen molar-refractivity contribution in [1.82, 2.24) is 20.0 Å². The highest BCUT2D eigenvalue weighted by Gasteiger charge is 2.23. The molecule has 1 unspecified atom stereocenters. The molecule has 0 radical (unpaired) electrons. The van der Waals surface area contributed by atoms with E-state index in [4.69, 9.17) is 9.26 Å². The second kappa shape index (κ2) is 7.86. The van der Waals surface area contributed by atoms with Crippen LogP contribution in [-0.2, 0) is 16.6 Å². The van der Waals surface area contributed by atoms with E-state index in [1.807, 2.05) is 41.9 Å². The van der Waals surface area contributed by atoms with Crippen LogP contribution in [0.5, 0.6) is 0 Å². The highest BCUT2D eigenvalue weighted by Crippen LogP contribution is 2.20. The molecule has 1 amide bonds. The van der Waals surface area contributed by atoms with Gasteiger partial charge in [0.2, 0.25) is 0 Å². The van der Waals surface area contributed by atoms with Crippen molar-refractivity contribution in [3.63, 3.8) is 0 Å². The Hall–Kier alpha value is -3.42. The molecule has 0 spiro atoms. The van der Waals surface area contributed by atoms with Crippen LogP contribution < -0.4 is 5.32 Å². The van der Waals surface area contributed by atoms with Crippen molar-refractivity contribution >= 4 is 11.9 Å². The zero-order valence-electron chi connectivity index (χ0n) is 15.3. The van der Waals surface area contributed by atoms with Crippen molar-refractivity contribution < 1.29 is 18.8 Å². The fourth-order valence-corrected chi connectivity index (χ4v) is 2.78. The number of nitrogens with zero attached hydrogens (tertiary/aromatic N) is 3. The first-order valence-electron chi connectivity index (χ1n) is 8.39. The summed E-state index contributed by atoms with van der Waals surface area (Å²) in [5, 5.41) is 6.58. The summed E-state index contributed by atoms with van der Waals surface area (Å²) in [6, 6.07) is 9.00. The van der Waals surface area contributed by atoms with Crippen LogP contribution in [0.15, 0.2) is 47.2 Å². The quantitative estimate of drug-likeness (QED) is 0.669. The summed E-state index contributed by atoms with van der Waals surface area (Å²) in [6.45, 7) is 2.83. The molecule has 0 saturated carbocycles. The lowest BCUT2D eigenvalue weighted by Gasteiger charge is -2.19. The van der Waals surface area contributed by atoms with Crippen molar-refractivity contribution in [2.45, 2.75) is 19.9 Å². The molecule has 0 aliphatic heterocycles. The number of hydrogen-bond acceptors (Lipinski definition) is 6. The average molecular weight is 368 g/mol. The van der Waals surface area contributed by atoms with Crippen molar-refractivity contribution in [3.8, 4) is 0 Å². The highest BCUT2D eigenvalue weighted by atomic mass is 16.5. The van der Waals surface area contributed by atoms with Crippen LogP contribution >= 0.6 is 0 Å². The van der Waals surface area contributed by atoms with Gasteiger partial charge in [0.05, 0.1) is 5.69 Å². The van der Waals surface area contributed by atoms with Gasteiger partial charge in [-0.05, 0) is 19.4 Å². The lowest BCUT2D eigenvalue weighted by Crippen LogP contribution is -2.34. The highest BCUT2D eigenvalue weighted by molar-refractivity contribution is 5.93. The lowest BCUT2D eigenvalue weighted by molar-refractivity contribution is -0.124. The van der Waals surface area contributed by atoms with E-state index in [2.05, 4.69) is 15.5 Å². The number of aromatic nitrogens is 3. The van der Waals surface area contributed by atoms with Gasteiger partial charge in [0.25, 0.3) is 5.91 Å². The van der Waals surface area contributed by atoms with E-state index in [9.17, 15) is 9.59 Å². The molecule has 0 saturated heterocycles. The Morgan fingerprint density at radius 1 is 1.26 bits per heavy atom. The number of carbonyl (C=O) groups excluding carboxylic acids is 2. The van der Waals surface area contributed by atoms with Gasteiger partial charge in [0.1, 0.15) is 23.2 Å². The number of aryl methyl sites for hydroxylation is 3. The number of carbonyl (C=O) groups is 2. The first-order valence-corrected chi connectivity index (χ1v) is 8.39. The van der Waals surface area contributed by atoms with E-state index in [0.717, 1.165) is 5.56 Å². The summed E-state index contributed by atoms with van der Waals surface area (Å²) in [7, 11) is 1.85. The number of ether oxygens (including phenoxy) is 1. The van der Waals surface area contributed by atoms with Crippen LogP contribution in [0.1, 0.15) is 39.2 Å². The van der Waals surface area contributed by atoms with Crippen LogP contribution in [0, 0.1) is 13.8 Å². The van der Waals surface area contributed by atoms with Crippen LogP contribution in [0.3, 0.4) is 0 Å². The summed E-state index contributed by atoms with van der Waals surface area (Å²) < 4.78 is 11.9. The van der Waals surface area contributed by atoms with Crippen LogP contribution in [-0.4, -0.2) is 33.2 Å². The second-order valence-electron chi connectivity index (χ2n) is 6.08. The molecule has 1 aromatic carbocycles. The van der Waals surface area contributed by atoms with Gasteiger partial charge in [-0.1, -0.05) is 35.5 Å². The number of hydrogen-bond donors (Lipinski definition) is 1. The third-order valence-electron chi connectivity index (χ3n) is 4.13. The monoisotopic (exact) mass is 368 g/mol. The molecule has 3 aromatic rings. The molecule has 1 atom stereocenters. The minimum Gasteiger partial charge on any atom is -0.452 e. The minimum absolute atomic E-state index is 0.242. The van der Waals surface area contributed by atoms with Gasteiger partial charge in [0.15, 0.2) is 6.61 Å². The maximum Gasteiger partial charge on any atom is 0.344 e. The Morgan fingerprint density at radius 2 is 2.00 bits per heavy atom. The Labute approximate surface area is 156 Å². The minimum atomic E-state index is -0.644. The summed E-state index contributed by atoms with van der Waals surface area (Å²) in [5.74, 6) is -0.0544. The molecule has 8 heteroatoms. The second-order valence-corrected chi connectivity index (χ2v) is 6.08. The molecular formula is C19H20N4O4. The van der Waals surface area contributed by atoms with Gasteiger partial charge in [-0.2, -0.15) is 0 Å². The fraction of sp³-hybridized carbons (Fsp3) is 0.263. The van der Waals surface area contributed by atoms with E-state index in [-0.39, 0.29) is 5.56 Å². The number of rotatable bonds is 6. The Balaban J connectivity index is 1.70. The molecule has 2 aromatic heterocycles. The molecular weight excluding hydrogens is 348 g/mol. The zero-order valence-corrected chi connectivity index (χ0v) is 15.3. The van der Waals surface area contributed by atoms with E-state index < -0.39 is 24.5 Å². The molecule has 140 valence electrons. The summed E-state index contributed by atoms with van der Waals surface area (Å²) in [4.78, 5) is 28.9. The predicted octanol–water partition coefficient (Wildman–Crippen LogP) is 2.09. The van der Waals surface area contributed by atoms with E-state index in [1.54, 1.807) is 26.2 Å². The lowest BCUT2D eigenvalue weighted by atomic mass is 10.1. The topological polar surface area (TPSA) is 99.2 Å². The number of esters is 1. The number of benzene rings is 1. The largest absolute Gasteiger partial charge is 0.452 e. The van der Waals surface area contributed by atoms with Crippen LogP contribution in [0.2, 0.25) is 0 Å². The normalized spacial score (nSPS) is 11.8. The Kier molecular flexibility index (Phi) is 5.35.